The van der Waals surface area contributed by atoms with Crippen LogP contribution in [0.1, 0.15) is 10.6 Å². The average molecular weight is 348 g/mol. The quantitative estimate of drug-likeness (QED) is 0.626. The van der Waals surface area contributed by atoms with Gasteiger partial charge in [0.05, 0.1) is 10.7 Å². The third-order valence-corrected chi connectivity index (χ3v) is 4.61. The lowest BCUT2D eigenvalue weighted by Crippen LogP contribution is -1.89. The van der Waals surface area contributed by atoms with Gasteiger partial charge in [-0.2, -0.15) is 0 Å². The third kappa shape index (κ3) is 2.97. The molecule has 0 atom stereocenters. The summed E-state index contributed by atoms with van der Waals surface area (Å²) in [5.41, 5.74) is 3.06. The van der Waals surface area contributed by atoms with Crippen molar-refractivity contribution < 1.29 is 4.39 Å². The number of hydrogen-bond acceptors (Lipinski definition) is 2. The van der Waals surface area contributed by atoms with Crippen LogP contribution in [0, 0.1) is 5.82 Å². The molecule has 0 saturated heterocycles. The minimum Gasteiger partial charge on any atom is -0.241 e. The van der Waals surface area contributed by atoms with Crippen molar-refractivity contribution in [2.45, 2.75) is 6.42 Å². The van der Waals surface area contributed by atoms with Gasteiger partial charge in [-0.05, 0) is 35.9 Å². The average Bonchev–Trinajstić information content (AvgIpc) is 2.91. The summed E-state index contributed by atoms with van der Waals surface area (Å²) in [5.74, 6) is -0.225. The van der Waals surface area contributed by atoms with Gasteiger partial charge in [0, 0.05) is 21.8 Å². The Bertz CT molecular complexity index is 721. The molecule has 0 radical (unpaired) electrons. The maximum Gasteiger partial charge on any atom is 0.123 e. The van der Waals surface area contributed by atoms with Gasteiger partial charge in [0.2, 0.25) is 0 Å². The topological polar surface area (TPSA) is 12.9 Å². The summed E-state index contributed by atoms with van der Waals surface area (Å²) < 4.78 is 14.0. The zero-order chi connectivity index (χ0) is 13.9. The lowest BCUT2D eigenvalue weighted by Gasteiger charge is -2.01. The third-order valence-electron chi connectivity index (χ3n) is 2.99. The Balaban J connectivity index is 1.84. The molecule has 0 aliphatic rings. The van der Waals surface area contributed by atoms with Crippen molar-refractivity contribution in [2.24, 2.45) is 0 Å². The van der Waals surface area contributed by atoms with E-state index in [9.17, 15) is 4.39 Å². The summed E-state index contributed by atoms with van der Waals surface area (Å²) in [4.78, 5) is 4.62. The van der Waals surface area contributed by atoms with Crippen LogP contribution in [0.15, 0.2) is 58.4 Å². The van der Waals surface area contributed by atoms with Crippen molar-refractivity contribution in [3.8, 4) is 11.3 Å². The molecule has 0 bridgehead atoms. The highest BCUT2D eigenvalue weighted by Crippen LogP contribution is 2.25. The molecule has 0 amide bonds. The molecular formula is C16H11BrFNS. The standard InChI is InChI=1S/C16H11BrFNS/c17-14-4-2-1-3-12(14)9-16-19-15(10-20-16)11-5-7-13(18)8-6-11/h1-8,10H,9H2. The minimum atomic E-state index is -0.225. The number of halogens is 2. The van der Waals surface area contributed by atoms with E-state index in [0.29, 0.717) is 0 Å². The summed E-state index contributed by atoms with van der Waals surface area (Å²) in [6.07, 6.45) is 0.799. The van der Waals surface area contributed by atoms with E-state index in [-0.39, 0.29) is 5.82 Å². The van der Waals surface area contributed by atoms with Crippen LogP contribution < -0.4 is 0 Å². The van der Waals surface area contributed by atoms with E-state index in [2.05, 4.69) is 27.0 Å². The maximum atomic E-state index is 12.9. The molecule has 3 aromatic rings. The van der Waals surface area contributed by atoms with E-state index >= 15 is 0 Å². The molecule has 0 unspecified atom stereocenters. The number of thiazole rings is 1. The molecule has 0 spiro atoms. The van der Waals surface area contributed by atoms with Crippen molar-refractivity contribution in [3.63, 3.8) is 0 Å². The molecule has 1 nitrogen and oxygen atoms in total. The zero-order valence-electron chi connectivity index (χ0n) is 10.5. The number of aromatic nitrogens is 1. The van der Waals surface area contributed by atoms with Gasteiger partial charge in [0.25, 0.3) is 0 Å². The van der Waals surface area contributed by atoms with Gasteiger partial charge in [-0.3, -0.25) is 0 Å². The van der Waals surface area contributed by atoms with Crippen LogP contribution in [0.25, 0.3) is 11.3 Å². The van der Waals surface area contributed by atoms with Crippen molar-refractivity contribution in [2.75, 3.05) is 0 Å². The molecule has 3 rings (SSSR count). The molecule has 1 aromatic heterocycles. The zero-order valence-corrected chi connectivity index (χ0v) is 12.9. The van der Waals surface area contributed by atoms with Crippen LogP contribution in [0.2, 0.25) is 0 Å². The smallest absolute Gasteiger partial charge is 0.123 e. The molecule has 0 fully saturated rings. The first-order chi connectivity index (χ1) is 9.72. The van der Waals surface area contributed by atoms with Crippen LogP contribution in [-0.4, -0.2) is 4.98 Å². The van der Waals surface area contributed by atoms with Gasteiger partial charge in [0.15, 0.2) is 0 Å². The largest absolute Gasteiger partial charge is 0.241 e. The molecule has 2 aromatic carbocycles. The number of hydrogen-bond donors (Lipinski definition) is 0. The van der Waals surface area contributed by atoms with E-state index < -0.39 is 0 Å². The Morgan fingerprint density at radius 2 is 1.80 bits per heavy atom. The van der Waals surface area contributed by atoms with Crippen LogP contribution in [0.5, 0.6) is 0 Å². The number of nitrogens with zero attached hydrogens (tertiary/aromatic N) is 1. The highest BCUT2D eigenvalue weighted by molar-refractivity contribution is 9.10. The van der Waals surface area contributed by atoms with Gasteiger partial charge in [0.1, 0.15) is 5.82 Å². The molecule has 20 heavy (non-hydrogen) atoms. The fraction of sp³-hybridized carbons (Fsp3) is 0.0625. The lowest BCUT2D eigenvalue weighted by molar-refractivity contribution is 0.628. The van der Waals surface area contributed by atoms with Crippen LogP contribution in [0.4, 0.5) is 4.39 Å². The highest BCUT2D eigenvalue weighted by Gasteiger charge is 2.07. The summed E-state index contributed by atoms with van der Waals surface area (Å²) >= 11 is 5.18. The normalized spacial score (nSPS) is 10.7. The predicted octanol–water partition coefficient (Wildman–Crippen LogP) is 5.30. The Labute approximate surface area is 129 Å². The Morgan fingerprint density at radius 1 is 1.05 bits per heavy atom. The molecule has 100 valence electrons. The fourth-order valence-electron chi connectivity index (χ4n) is 1.95. The summed E-state index contributed by atoms with van der Waals surface area (Å²) in [5, 5.41) is 3.07. The highest BCUT2D eigenvalue weighted by atomic mass is 79.9. The predicted molar refractivity (Wildman–Crippen MR) is 84.5 cm³/mol. The summed E-state index contributed by atoms with van der Waals surface area (Å²) in [6.45, 7) is 0. The second-order valence-electron chi connectivity index (χ2n) is 4.40. The Kier molecular flexibility index (Phi) is 3.94. The van der Waals surface area contributed by atoms with Crippen molar-refractivity contribution >= 4 is 27.3 Å². The molecule has 0 N–H and O–H groups in total. The second-order valence-corrected chi connectivity index (χ2v) is 6.20. The van der Waals surface area contributed by atoms with Crippen LogP contribution in [-0.2, 0) is 6.42 Å². The van der Waals surface area contributed by atoms with Crippen molar-refractivity contribution in [1.29, 1.82) is 0 Å². The second kappa shape index (κ2) is 5.85. The Morgan fingerprint density at radius 3 is 2.55 bits per heavy atom. The number of rotatable bonds is 3. The van der Waals surface area contributed by atoms with Gasteiger partial charge in [-0.25, -0.2) is 9.37 Å². The van der Waals surface area contributed by atoms with Crippen LogP contribution in [0.3, 0.4) is 0 Å². The molecule has 4 heteroatoms. The van der Waals surface area contributed by atoms with E-state index in [0.717, 1.165) is 27.2 Å². The summed E-state index contributed by atoms with van der Waals surface area (Å²) in [6, 6.07) is 14.6. The molecular weight excluding hydrogens is 337 g/mol. The van der Waals surface area contributed by atoms with Gasteiger partial charge >= 0.3 is 0 Å². The first-order valence-electron chi connectivity index (χ1n) is 6.16. The van der Waals surface area contributed by atoms with E-state index in [4.69, 9.17) is 0 Å². The maximum absolute atomic E-state index is 12.9. The van der Waals surface area contributed by atoms with E-state index in [1.165, 1.54) is 17.7 Å². The lowest BCUT2D eigenvalue weighted by atomic mass is 10.1. The minimum absolute atomic E-state index is 0.225. The van der Waals surface area contributed by atoms with Gasteiger partial charge < -0.3 is 0 Å². The van der Waals surface area contributed by atoms with Gasteiger partial charge in [-0.15, -0.1) is 11.3 Å². The SMILES string of the molecule is Fc1ccc(-c2csc(Cc3ccccc3Br)n2)cc1. The van der Waals surface area contributed by atoms with Crippen molar-refractivity contribution in [1.82, 2.24) is 4.98 Å². The first-order valence-corrected chi connectivity index (χ1v) is 7.83. The van der Waals surface area contributed by atoms with E-state index in [1.54, 1.807) is 23.5 Å². The van der Waals surface area contributed by atoms with Crippen LogP contribution >= 0.6 is 27.3 Å². The van der Waals surface area contributed by atoms with Crippen molar-refractivity contribution in [3.05, 3.63) is 74.8 Å². The van der Waals surface area contributed by atoms with Gasteiger partial charge in [-0.1, -0.05) is 34.1 Å². The monoisotopic (exact) mass is 347 g/mol. The molecule has 0 aliphatic carbocycles. The molecule has 1 heterocycles. The number of benzene rings is 2. The molecule has 0 saturated carbocycles. The first kappa shape index (κ1) is 13.5. The van der Waals surface area contributed by atoms with E-state index in [1.807, 2.05) is 23.6 Å². The fourth-order valence-corrected chi connectivity index (χ4v) is 3.20. The summed E-state index contributed by atoms with van der Waals surface area (Å²) in [7, 11) is 0. The molecule has 0 aliphatic heterocycles. The Hall–Kier alpha value is -1.52.